The second-order valence-electron chi connectivity index (χ2n) is 7.09. The third-order valence-corrected chi connectivity index (χ3v) is 7.68. The van der Waals surface area contributed by atoms with E-state index in [1.54, 1.807) is 18.2 Å². The molecule has 1 aliphatic rings. The van der Waals surface area contributed by atoms with Crippen molar-refractivity contribution in [1.82, 2.24) is 9.21 Å². The molecule has 0 saturated carbocycles. The summed E-state index contributed by atoms with van der Waals surface area (Å²) in [5.41, 5.74) is 1.98. The highest BCUT2D eigenvalue weighted by Crippen LogP contribution is 2.25. The van der Waals surface area contributed by atoms with Crippen LogP contribution in [0.2, 0.25) is 5.02 Å². The molecule has 3 rings (SSSR count). The predicted octanol–water partition coefficient (Wildman–Crippen LogP) is 3.24. The van der Waals surface area contributed by atoms with Crippen LogP contribution in [0.15, 0.2) is 53.4 Å². The number of anilines is 1. The molecule has 1 N–H and O–H groups in total. The fourth-order valence-corrected chi connectivity index (χ4v) is 5.28. The highest BCUT2D eigenvalue weighted by atomic mass is 35.5. The van der Waals surface area contributed by atoms with E-state index in [0.717, 1.165) is 12.1 Å². The van der Waals surface area contributed by atoms with Crippen molar-refractivity contribution in [1.29, 1.82) is 0 Å². The van der Waals surface area contributed by atoms with Crippen LogP contribution in [0.25, 0.3) is 0 Å². The molecule has 1 unspecified atom stereocenters. The van der Waals surface area contributed by atoms with Gasteiger partial charge in [0, 0.05) is 31.9 Å². The van der Waals surface area contributed by atoms with E-state index in [4.69, 9.17) is 11.6 Å². The number of carbonyl (C=O) groups is 1. The molecule has 1 aliphatic heterocycles. The molecule has 29 heavy (non-hydrogen) atoms. The first kappa shape index (κ1) is 21.8. The number of hydrogen-bond donors (Lipinski definition) is 1. The molecule has 6 nitrogen and oxygen atoms in total. The quantitative estimate of drug-likeness (QED) is 0.756. The molecule has 1 saturated heterocycles. The van der Waals surface area contributed by atoms with Gasteiger partial charge in [0.05, 0.1) is 11.1 Å². The standard InChI is InChI=1S/C21H26ClN3O3S/c1-3-17-8-10-18(11-9-17)23-21(26)16(2)24-12-14-25(15-13-24)29(27,28)20-7-5-4-6-19(20)22/h4-11,16H,3,12-15H2,1-2H3,(H,23,26). The van der Waals surface area contributed by atoms with Crippen molar-refractivity contribution in [2.24, 2.45) is 0 Å². The van der Waals surface area contributed by atoms with Crippen molar-refractivity contribution in [3.8, 4) is 0 Å². The van der Waals surface area contributed by atoms with Gasteiger partial charge in [-0.15, -0.1) is 0 Å². The number of sulfonamides is 1. The molecular formula is C21H26ClN3O3S. The average molecular weight is 436 g/mol. The fourth-order valence-electron chi connectivity index (χ4n) is 3.36. The van der Waals surface area contributed by atoms with Crippen LogP contribution in [-0.2, 0) is 21.2 Å². The summed E-state index contributed by atoms with van der Waals surface area (Å²) in [6.45, 7) is 5.52. The zero-order valence-corrected chi connectivity index (χ0v) is 18.2. The summed E-state index contributed by atoms with van der Waals surface area (Å²) in [6.07, 6.45) is 0.950. The first-order valence-corrected chi connectivity index (χ1v) is 11.5. The summed E-state index contributed by atoms with van der Waals surface area (Å²) in [6, 6.07) is 13.9. The van der Waals surface area contributed by atoms with Gasteiger partial charge in [-0.05, 0) is 43.2 Å². The van der Waals surface area contributed by atoms with Crippen LogP contribution in [0, 0.1) is 0 Å². The zero-order valence-electron chi connectivity index (χ0n) is 16.6. The summed E-state index contributed by atoms with van der Waals surface area (Å²) in [4.78, 5) is 14.7. The summed E-state index contributed by atoms with van der Waals surface area (Å²) < 4.78 is 27.1. The molecule has 1 fully saturated rings. The topological polar surface area (TPSA) is 69.7 Å². The van der Waals surface area contributed by atoms with Gasteiger partial charge in [-0.25, -0.2) is 8.42 Å². The summed E-state index contributed by atoms with van der Waals surface area (Å²) in [5, 5.41) is 3.15. The van der Waals surface area contributed by atoms with Crippen LogP contribution in [-0.4, -0.2) is 55.8 Å². The first-order chi connectivity index (χ1) is 13.8. The predicted molar refractivity (Wildman–Crippen MR) is 116 cm³/mol. The minimum absolute atomic E-state index is 0.100. The van der Waals surface area contributed by atoms with E-state index >= 15 is 0 Å². The van der Waals surface area contributed by atoms with Crippen LogP contribution < -0.4 is 5.32 Å². The van der Waals surface area contributed by atoms with Gasteiger partial charge in [-0.2, -0.15) is 4.31 Å². The lowest BCUT2D eigenvalue weighted by Gasteiger charge is -2.36. The average Bonchev–Trinajstić information content (AvgIpc) is 2.74. The Morgan fingerprint density at radius 3 is 2.28 bits per heavy atom. The second kappa shape index (κ2) is 9.26. The van der Waals surface area contributed by atoms with Crippen LogP contribution in [0.1, 0.15) is 19.4 Å². The van der Waals surface area contributed by atoms with E-state index in [2.05, 4.69) is 12.2 Å². The Morgan fingerprint density at radius 1 is 1.07 bits per heavy atom. The molecule has 8 heteroatoms. The van der Waals surface area contributed by atoms with Crippen molar-refractivity contribution in [3.63, 3.8) is 0 Å². The molecule has 0 bridgehead atoms. The van der Waals surface area contributed by atoms with Gasteiger partial charge < -0.3 is 5.32 Å². The normalized spacial score (nSPS) is 17.1. The molecule has 2 aromatic rings. The minimum atomic E-state index is -3.64. The summed E-state index contributed by atoms with van der Waals surface area (Å²) in [5.74, 6) is -0.100. The number of piperazine rings is 1. The van der Waals surface area contributed by atoms with Gasteiger partial charge in [-0.3, -0.25) is 9.69 Å². The number of benzene rings is 2. The van der Waals surface area contributed by atoms with Crippen LogP contribution in [0.4, 0.5) is 5.69 Å². The number of halogens is 1. The SMILES string of the molecule is CCc1ccc(NC(=O)C(C)N2CCN(S(=O)(=O)c3ccccc3Cl)CC2)cc1. The second-order valence-corrected chi connectivity index (χ2v) is 9.40. The van der Waals surface area contributed by atoms with Crippen molar-refractivity contribution in [2.75, 3.05) is 31.5 Å². The fraction of sp³-hybridized carbons (Fsp3) is 0.381. The van der Waals surface area contributed by atoms with Crippen molar-refractivity contribution in [2.45, 2.75) is 31.2 Å². The number of rotatable bonds is 6. The van der Waals surface area contributed by atoms with E-state index in [-0.39, 0.29) is 21.9 Å². The van der Waals surface area contributed by atoms with E-state index in [0.29, 0.717) is 26.2 Å². The highest BCUT2D eigenvalue weighted by Gasteiger charge is 2.32. The van der Waals surface area contributed by atoms with Crippen molar-refractivity contribution in [3.05, 3.63) is 59.1 Å². The number of aryl methyl sites for hydroxylation is 1. The Labute approximate surface area is 177 Å². The Morgan fingerprint density at radius 2 is 1.69 bits per heavy atom. The van der Waals surface area contributed by atoms with Gasteiger partial charge >= 0.3 is 0 Å². The summed E-state index contributed by atoms with van der Waals surface area (Å²) >= 11 is 6.08. The van der Waals surface area contributed by atoms with Gasteiger partial charge in [0.25, 0.3) is 0 Å². The molecule has 0 spiro atoms. The smallest absolute Gasteiger partial charge is 0.244 e. The first-order valence-electron chi connectivity index (χ1n) is 9.71. The summed E-state index contributed by atoms with van der Waals surface area (Å²) in [7, 11) is -3.64. The highest BCUT2D eigenvalue weighted by molar-refractivity contribution is 7.89. The maximum absolute atomic E-state index is 12.9. The molecule has 2 aromatic carbocycles. The number of carbonyl (C=O) groups excluding carboxylic acids is 1. The molecule has 156 valence electrons. The van der Waals surface area contributed by atoms with E-state index < -0.39 is 10.0 Å². The van der Waals surface area contributed by atoms with Gasteiger partial charge in [0.15, 0.2) is 0 Å². The van der Waals surface area contributed by atoms with E-state index in [1.807, 2.05) is 36.1 Å². The largest absolute Gasteiger partial charge is 0.325 e. The Bertz CT molecular complexity index is 955. The number of nitrogens with zero attached hydrogens (tertiary/aromatic N) is 2. The Hall–Kier alpha value is -1.93. The monoisotopic (exact) mass is 435 g/mol. The van der Waals surface area contributed by atoms with Crippen molar-refractivity contribution >= 4 is 33.2 Å². The molecule has 0 aromatic heterocycles. The maximum atomic E-state index is 12.9. The van der Waals surface area contributed by atoms with Crippen LogP contribution in [0.5, 0.6) is 0 Å². The number of nitrogens with one attached hydrogen (secondary N) is 1. The molecule has 1 amide bonds. The van der Waals surface area contributed by atoms with Crippen LogP contribution >= 0.6 is 11.6 Å². The van der Waals surface area contributed by atoms with Gasteiger partial charge in [-0.1, -0.05) is 42.8 Å². The van der Waals surface area contributed by atoms with Gasteiger partial charge in [0.1, 0.15) is 4.90 Å². The Balaban J connectivity index is 1.59. The molecule has 0 radical (unpaired) electrons. The third-order valence-electron chi connectivity index (χ3n) is 5.28. The Kier molecular flexibility index (Phi) is 6.95. The van der Waals surface area contributed by atoms with Crippen molar-refractivity contribution < 1.29 is 13.2 Å². The third kappa shape index (κ3) is 4.98. The van der Waals surface area contributed by atoms with Gasteiger partial charge in [0.2, 0.25) is 15.9 Å². The zero-order chi connectivity index (χ0) is 21.0. The molecule has 1 heterocycles. The maximum Gasteiger partial charge on any atom is 0.244 e. The number of hydrogen-bond acceptors (Lipinski definition) is 4. The van der Waals surface area contributed by atoms with E-state index in [9.17, 15) is 13.2 Å². The molecule has 0 aliphatic carbocycles. The lowest BCUT2D eigenvalue weighted by Crippen LogP contribution is -2.53. The lowest BCUT2D eigenvalue weighted by molar-refractivity contribution is -0.121. The minimum Gasteiger partial charge on any atom is -0.325 e. The molecule has 1 atom stereocenters. The van der Waals surface area contributed by atoms with Crippen LogP contribution in [0.3, 0.4) is 0 Å². The van der Waals surface area contributed by atoms with E-state index in [1.165, 1.54) is 15.9 Å². The lowest BCUT2D eigenvalue weighted by atomic mass is 10.1. The molecular weight excluding hydrogens is 410 g/mol. The number of amides is 1.